The van der Waals surface area contributed by atoms with Crippen LogP contribution < -0.4 is 4.90 Å². The molecule has 0 aliphatic carbocycles. The number of carbonyl (C=O) groups excluding carboxylic acids is 2. The first-order valence-electron chi connectivity index (χ1n) is 5.39. The lowest BCUT2D eigenvalue weighted by molar-refractivity contribution is -0.138. The molecule has 0 bridgehead atoms. The van der Waals surface area contributed by atoms with Crippen molar-refractivity contribution in [2.24, 2.45) is 0 Å². The Hall–Kier alpha value is -2.01. The smallest absolute Gasteiger partial charge is 0.273 e. The third-order valence-corrected chi connectivity index (χ3v) is 3.54. The Morgan fingerprint density at radius 2 is 1.80 bits per heavy atom. The number of nitrogens with zero attached hydrogens (tertiary/aromatic N) is 2. The molecule has 1 heterocycles. The van der Waals surface area contributed by atoms with Crippen molar-refractivity contribution in [3.05, 3.63) is 29.3 Å². The minimum atomic E-state index is -4.72. The minimum Gasteiger partial charge on any atom is -0.273 e. The van der Waals surface area contributed by atoms with Crippen LogP contribution in [0.4, 0.5) is 18.9 Å². The molecular formula is C12H7F3N2O2S. The molecule has 2 amide bonds. The fourth-order valence-electron chi connectivity index (χ4n) is 1.79. The van der Waals surface area contributed by atoms with E-state index in [4.69, 9.17) is 5.26 Å². The van der Waals surface area contributed by atoms with Crippen LogP contribution in [0.3, 0.4) is 0 Å². The molecule has 1 aromatic carbocycles. The summed E-state index contributed by atoms with van der Waals surface area (Å²) in [5.41, 5.74) is -1.87. The van der Waals surface area contributed by atoms with Crippen LogP contribution in [0.1, 0.15) is 11.1 Å². The molecule has 1 saturated heterocycles. The average Bonchev–Trinajstić information content (AvgIpc) is 2.37. The van der Waals surface area contributed by atoms with Gasteiger partial charge in [-0.2, -0.15) is 18.4 Å². The maximum Gasteiger partial charge on any atom is 0.417 e. The van der Waals surface area contributed by atoms with Crippen molar-refractivity contribution < 1.29 is 22.8 Å². The number of rotatable bonds is 1. The molecule has 1 aromatic rings. The fraction of sp³-hybridized carbons (Fsp3) is 0.250. The topological polar surface area (TPSA) is 61.2 Å². The molecule has 2 rings (SSSR count). The maximum absolute atomic E-state index is 12.8. The van der Waals surface area contributed by atoms with Crippen molar-refractivity contribution in [2.45, 2.75) is 6.18 Å². The second-order valence-electron chi connectivity index (χ2n) is 3.96. The molecule has 0 spiro atoms. The summed E-state index contributed by atoms with van der Waals surface area (Å²) in [5, 5.41) is 8.69. The van der Waals surface area contributed by atoms with Crippen molar-refractivity contribution in [1.29, 1.82) is 5.26 Å². The van der Waals surface area contributed by atoms with Gasteiger partial charge in [0.1, 0.15) is 0 Å². The van der Waals surface area contributed by atoms with Crippen LogP contribution in [0.2, 0.25) is 0 Å². The Kier molecular flexibility index (Phi) is 3.72. The fourth-order valence-corrected chi connectivity index (χ4v) is 2.49. The van der Waals surface area contributed by atoms with E-state index < -0.39 is 29.1 Å². The van der Waals surface area contributed by atoms with Gasteiger partial charge in [-0.1, -0.05) is 0 Å². The molecule has 0 atom stereocenters. The van der Waals surface area contributed by atoms with Gasteiger partial charge in [-0.05, 0) is 18.2 Å². The van der Waals surface area contributed by atoms with Gasteiger partial charge in [-0.3, -0.25) is 9.59 Å². The SMILES string of the molecule is N#Cc1ccc(N2C(=O)CSCC2=O)cc1C(F)(F)F. The molecule has 1 fully saturated rings. The van der Waals surface area contributed by atoms with Gasteiger partial charge in [-0.15, -0.1) is 11.8 Å². The normalized spacial score (nSPS) is 16.2. The van der Waals surface area contributed by atoms with Crippen LogP contribution >= 0.6 is 11.8 Å². The van der Waals surface area contributed by atoms with Crippen LogP contribution in [-0.4, -0.2) is 23.3 Å². The molecule has 0 unspecified atom stereocenters. The van der Waals surface area contributed by atoms with E-state index in [-0.39, 0.29) is 17.2 Å². The summed E-state index contributed by atoms with van der Waals surface area (Å²) >= 11 is 1.11. The molecular weight excluding hydrogens is 293 g/mol. The Labute approximate surface area is 116 Å². The van der Waals surface area contributed by atoms with Crippen molar-refractivity contribution in [1.82, 2.24) is 0 Å². The number of amides is 2. The van der Waals surface area contributed by atoms with Crippen LogP contribution in [0, 0.1) is 11.3 Å². The van der Waals surface area contributed by atoms with Crippen molar-refractivity contribution >= 4 is 29.3 Å². The first-order valence-corrected chi connectivity index (χ1v) is 6.55. The number of hydrogen-bond acceptors (Lipinski definition) is 4. The molecule has 0 saturated carbocycles. The van der Waals surface area contributed by atoms with Gasteiger partial charge in [-0.25, -0.2) is 4.90 Å². The molecule has 0 radical (unpaired) electrons. The van der Waals surface area contributed by atoms with E-state index in [1.54, 1.807) is 0 Å². The van der Waals surface area contributed by atoms with E-state index in [0.29, 0.717) is 6.07 Å². The molecule has 8 heteroatoms. The van der Waals surface area contributed by atoms with Crippen LogP contribution in [0.25, 0.3) is 0 Å². The predicted molar refractivity (Wildman–Crippen MR) is 66.0 cm³/mol. The molecule has 1 aliphatic rings. The molecule has 1 aliphatic heterocycles. The summed E-state index contributed by atoms with van der Waals surface area (Å²) in [4.78, 5) is 24.0. The Bertz CT molecular complexity index is 606. The van der Waals surface area contributed by atoms with Crippen LogP contribution in [0.5, 0.6) is 0 Å². The largest absolute Gasteiger partial charge is 0.417 e. The zero-order valence-corrected chi connectivity index (χ0v) is 10.7. The van der Waals surface area contributed by atoms with Crippen molar-refractivity contribution in [2.75, 3.05) is 16.4 Å². The van der Waals surface area contributed by atoms with Gasteiger partial charge in [0, 0.05) is 0 Å². The summed E-state index contributed by atoms with van der Waals surface area (Å²) in [6.07, 6.45) is -4.72. The standard InChI is InChI=1S/C12H7F3N2O2S/c13-12(14,15)9-3-8(2-1-7(9)4-16)17-10(18)5-20-6-11(17)19/h1-3H,5-6H2. The first-order chi connectivity index (χ1) is 9.34. The zero-order chi connectivity index (χ0) is 14.9. The first kappa shape index (κ1) is 14.4. The highest BCUT2D eigenvalue weighted by molar-refractivity contribution is 8.00. The van der Waals surface area contributed by atoms with Crippen LogP contribution in [0.15, 0.2) is 18.2 Å². The number of carbonyl (C=O) groups is 2. The van der Waals surface area contributed by atoms with Gasteiger partial charge in [0.05, 0.1) is 34.4 Å². The maximum atomic E-state index is 12.8. The second-order valence-corrected chi connectivity index (χ2v) is 4.94. The Morgan fingerprint density at radius 3 is 2.30 bits per heavy atom. The zero-order valence-electron chi connectivity index (χ0n) is 9.90. The number of anilines is 1. The van der Waals surface area contributed by atoms with Gasteiger partial charge < -0.3 is 0 Å². The summed E-state index contributed by atoms with van der Waals surface area (Å²) in [7, 11) is 0. The van der Waals surface area contributed by atoms with E-state index in [1.807, 2.05) is 0 Å². The molecule has 0 N–H and O–H groups in total. The highest BCUT2D eigenvalue weighted by Gasteiger charge is 2.36. The number of benzene rings is 1. The highest BCUT2D eigenvalue weighted by atomic mass is 32.2. The minimum absolute atomic E-state index is 0.0348. The summed E-state index contributed by atoms with van der Waals surface area (Å²) in [5.74, 6) is -1.06. The van der Waals surface area contributed by atoms with E-state index in [2.05, 4.69) is 0 Å². The van der Waals surface area contributed by atoms with Gasteiger partial charge in [0.15, 0.2) is 0 Å². The highest BCUT2D eigenvalue weighted by Crippen LogP contribution is 2.35. The van der Waals surface area contributed by atoms with Gasteiger partial charge in [0.2, 0.25) is 11.8 Å². The monoisotopic (exact) mass is 300 g/mol. The predicted octanol–water partition coefficient (Wildman–Crippen LogP) is 2.18. The molecule has 4 nitrogen and oxygen atoms in total. The number of halogens is 3. The number of alkyl halides is 3. The summed E-state index contributed by atoms with van der Waals surface area (Å²) in [6.45, 7) is 0. The van der Waals surface area contributed by atoms with Gasteiger partial charge >= 0.3 is 6.18 Å². The Balaban J connectivity index is 2.51. The average molecular weight is 300 g/mol. The second kappa shape index (κ2) is 5.17. The van der Waals surface area contributed by atoms with E-state index in [1.165, 1.54) is 12.1 Å². The van der Waals surface area contributed by atoms with Crippen molar-refractivity contribution in [3.8, 4) is 6.07 Å². The quantitative estimate of drug-likeness (QED) is 0.746. The molecule has 104 valence electrons. The number of hydrogen-bond donors (Lipinski definition) is 0. The van der Waals surface area contributed by atoms with Crippen LogP contribution in [-0.2, 0) is 15.8 Å². The lowest BCUT2D eigenvalue weighted by Gasteiger charge is -2.25. The number of imide groups is 1. The lowest BCUT2D eigenvalue weighted by Crippen LogP contribution is -2.43. The van der Waals surface area contributed by atoms with E-state index >= 15 is 0 Å². The lowest BCUT2D eigenvalue weighted by atomic mass is 10.1. The molecule has 20 heavy (non-hydrogen) atoms. The number of thioether (sulfide) groups is 1. The van der Waals surface area contributed by atoms with E-state index in [0.717, 1.165) is 22.7 Å². The third-order valence-electron chi connectivity index (χ3n) is 2.64. The van der Waals surface area contributed by atoms with Gasteiger partial charge in [0.25, 0.3) is 0 Å². The summed E-state index contributed by atoms with van der Waals surface area (Å²) < 4.78 is 38.5. The molecule has 0 aromatic heterocycles. The Morgan fingerprint density at radius 1 is 1.20 bits per heavy atom. The third kappa shape index (κ3) is 2.63. The van der Waals surface area contributed by atoms with Crippen molar-refractivity contribution in [3.63, 3.8) is 0 Å². The van der Waals surface area contributed by atoms with E-state index in [9.17, 15) is 22.8 Å². The summed E-state index contributed by atoms with van der Waals surface area (Å²) in [6, 6.07) is 4.22. The number of nitriles is 1.